The number of fused-ring (bicyclic) bond motifs is 4. The van der Waals surface area contributed by atoms with E-state index in [0.29, 0.717) is 36.3 Å². The summed E-state index contributed by atoms with van der Waals surface area (Å²) in [5.41, 5.74) is 2.34. The zero-order chi connectivity index (χ0) is 21.7. The van der Waals surface area contributed by atoms with Crippen molar-refractivity contribution in [3.63, 3.8) is 0 Å². The summed E-state index contributed by atoms with van der Waals surface area (Å²) >= 11 is 0. The van der Waals surface area contributed by atoms with Crippen LogP contribution in [-0.2, 0) is 9.59 Å². The summed E-state index contributed by atoms with van der Waals surface area (Å²) in [6.45, 7) is 0.996. The van der Waals surface area contributed by atoms with Crippen LogP contribution in [0.3, 0.4) is 0 Å². The van der Waals surface area contributed by atoms with Crippen LogP contribution in [0.25, 0.3) is 11.0 Å². The molecule has 2 amide bonds. The average Bonchev–Trinajstić information content (AvgIpc) is 3.51. The van der Waals surface area contributed by atoms with Crippen molar-refractivity contribution in [2.75, 3.05) is 23.4 Å². The Balaban J connectivity index is 1.29. The van der Waals surface area contributed by atoms with Crippen LogP contribution < -0.4 is 19.7 Å². The maximum Gasteiger partial charge on any atom is 0.253 e. The van der Waals surface area contributed by atoms with Crippen molar-refractivity contribution in [3.8, 4) is 11.5 Å². The normalized spacial score (nSPS) is 20.1. The number of carbonyl (C=O) groups excluding carboxylic acids is 2. The molecule has 1 saturated carbocycles. The first-order chi connectivity index (χ1) is 15.7. The molecule has 0 bridgehead atoms. The lowest BCUT2D eigenvalue weighted by atomic mass is 10.1. The Kier molecular flexibility index (Phi) is 4.52. The lowest BCUT2D eigenvalue weighted by Gasteiger charge is -2.22. The molecule has 32 heavy (non-hydrogen) atoms. The number of amides is 2. The molecule has 6 rings (SSSR count). The number of ether oxygens (including phenoxy) is 2. The van der Waals surface area contributed by atoms with Gasteiger partial charge < -0.3 is 14.8 Å². The summed E-state index contributed by atoms with van der Waals surface area (Å²) in [6.07, 6.45) is 4.23. The number of aromatic nitrogens is 2. The Bertz CT molecular complexity index is 1210. The van der Waals surface area contributed by atoms with Gasteiger partial charge in [0.05, 0.1) is 17.5 Å². The predicted molar refractivity (Wildman–Crippen MR) is 119 cm³/mol. The van der Waals surface area contributed by atoms with E-state index in [1.807, 2.05) is 33.7 Å². The number of nitrogens with one attached hydrogen (secondary N) is 1. The largest absolute Gasteiger partial charge is 0.486 e. The summed E-state index contributed by atoms with van der Waals surface area (Å²) in [6, 6.07) is 12.7. The van der Waals surface area contributed by atoms with Gasteiger partial charge in [0.25, 0.3) is 5.91 Å². The zero-order valence-corrected chi connectivity index (χ0v) is 17.6. The van der Waals surface area contributed by atoms with Crippen LogP contribution in [0.5, 0.6) is 11.5 Å². The van der Waals surface area contributed by atoms with Gasteiger partial charge in [-0.2, -0.15) is 0 Å². The fourth-order valence-electron chi connectivity index (χ4n) is 5.07. The molecule has 164 valence electrons. The van der Waals surface area contributed by atoms with E-state index < -0.39 is 6.04 Å². The fraction of sp³-hybridized carbons (Fsp3) is 0.375. The molecule has 3 heterocycles. The molecule has 3 aromatic rings. The van der Waals surface area contributed by atoms with E-state index in [0.717, 1.165) is 36.7 Å². The van der Waals surface area contributed by atoms with E-state index >= 15 is 0 Å². The minimum atomic E-state index is -0.602. The highest BCUT2D eigenvalue weighted by molar-refractivity contribution is 6.05. The van der Waals surface area contributed by atoms with Crippen molar-refractivity contribution < 1.29 is 19.1 Å². The van der Waals surface area contributed by atoms with E-state index in [1.165, 1.54) is 0 Å². The molecule has 2 aromatic carbocycles. The van der Waals surface area contributed by atoms with Gasteiger partial charge in [0.15, 0.2) is 11.5 Å². The van der Waals surface area contributed by atoms with Crippen LogP contribution in [0, 0.1) is 0 Å². The molecule has 2 aliphatic heterocycles. The number of imidazole rings is 1. The Morgan fingerprint density at radius 3 is 2.69 bits per heavy atom. The van der Waals surface area contributed by atoms with Crippen LogP contribution in [0.15, 0.2) is 42.5 Å². The summed E-state index contributed by atoms with van der Waals surface area (Å²) in [7, 11) is 0. The first-order valence-electron chi connectivity index (χ1n) is 11.2. The molecule has 1 N–H and O–H groups in total. The predicted octanol–water partition coefficient (Wildman–Crippen LogP) is 3.67. The third kappa shape index (κ3) is 3.09. The monoisotopic (exact) mass is 432 g/mol. The molecule has 8 heteroatoms. The quantitative estimate of drug-likeness (QED) is 0.680. The van der Waals surface area contributed by atoms with Crippen molar-refractivity contribution in [1.82, 2.24) is 9.55 Å². The van der Waals surface area contributed by atoms with Gasteiger partial charge in [0.2, 0.25) is 11.9 Å². The molecule has 0 spiro atoms. The Morgan fingerprint density at radius 2 is 1.84 bits per heavy atom. The summed E-state index contributed by atoms with van der Waals surface area (Å²) in [4.78, 5) is 33.1. The Morgan fingerprint density at radius 1 is 1.06 bits per heavy atom. The first-order valence-corrected chi connectivity index (χ1v) is 11.2. The second kappa shape index (κ2) is 7.55. The van der Waals surface area contributed by atoms with Crippen molar-refractivity contribution in [2.45, 2.75) is 44.2 Å². The molecule has 1 fully saturated rings. The van der Waals surface area contributed by atoms with E-state index in [4.69, 9.17) is 14.5 Å². The number of rotatable bonds is 4. The van der Waals surface area contributed by atoms with E-state index in [1.54, 1.807) is 18.2 Å². The number of benzene rings is 2. The van der Waals surface area contributed by atoms with Crippen molar-refractivity contribution in [1.29, 1.82) is 0 Å². The summed E-state index contributed by atoms with van der Waals surface area (Å²) < 4.78 is 13.1. The Hall–Kier alpha value is -3.55. The van der Waals surface area contributed by atoms with Gasteiger partial charge in [-0.05, 0) is 37.1 Å². The molecule has 3 aliphatic rings. The van der Waals surface area contributed by atoms with Crippen LogP contribution in [-0.4, -0.2) is 40.6 Å². The van der Waals surface area contributed by atoms with E-state index in [9.17, 15) is 9.59 Å². The first kappa shape index (κ1) is 19.2. The van der Waals surface area contributed by atoms with Crippen LogP contribution >= 0.6 is 0 Å². The number of anilines is 2. The van der Waals surface area contributed by atoms with Crippen molar-refractivity contribution >= 4 is 34.5 Å². The smallest absolute Gasteiger partial charge is 0.253 e. The highest BCUT2D eigenvalue weighted by Crippen LogP contribution is 2.40. The molecule has 0 saturated heterocycles. The zero-order valence-electron chi connectivity index (χ0n) is 17.6. The fourth-order valence-corrected chi connectivity index (χ4v) is 5.07. The average molecular weight is 432 g/mol. The van der Waals surface area contributed by atoms with Crippen LogP contribution in [0.4, 0.5) is 11.6 Å². The van der Waals surface area contributed by atoms with Gasteiger partial charge in [-0.1, -0.05) is 25.0 Å². The van der Waals surface area contributed by atoms with Gasteiger partial charge >= 0.3 is 0 Å². The van der Waals surface area contributed by atoms with Gasteiger partial charge in [0.1, 0.15) is 19.3 Å². The number of hydrogen-bond donors (Lipinski definition) is 1. The minimum absolute atomic E-state index is 0.0394. The topological polar surface area (TPSA) is 85.7 Å². The van der Waals surface area contributed by atoms with Gasteiger partial charge in [0, 0.05) is 17.8 Å². The number of carbonyl (C=O) groups is 2. The Labute approximate surface area is 185 Å². The second-order valence-electron chi connectivity index (χ2n) is 8.54. The van der Waals surface area contributed by atoms with Crippen molar-refractivity contribution in [3.05, 3.63) is 42.5 Å². The highest BCUT2D eigenvalue weighted by Gasteiger charge is 2.44. The molecule has 0 radical (unpaired) electrons. The van der Waals surface area contributed by atoms with E-state index in [2.05, 4.69) is 5.32 Å². The maximum absolute atomic E-state index is 13.5. The molecule has 0 unspecified atom stereocenters. The molecule has 8 nitrogen and oxygen atoms in total. The van der Waals surface area contributed by atoms with Gasteiger partial charge in [-0.15, -0.1) is 0 Å². The molecule has 1 aliphatic carbocycles. The van der Waals surface area contributed by atoms with Crippen LogP contribution in [0.1, 0.15) is 38.1 Å². The minimum Gasteiger partial charge on any atom is -0.486 e. The third-order valence-corrected chi connectivity index (χ3v) is 6.52. The summed E-state index contributed by atoms with van der Waals surface area (Å²) in [5, 5.41) is 2.92. The van der Waals surface area contributed by atoms with Gasteiger partial charge in [-0.3, -0.25) is 19.1 Å². The maximum atomic E-state index is 13.5. The SMILES string of the molecule is O=C(C[C@@H]1C(=O)N(C2CCCC2)c2nc3ccccc3n21)Nc1ccc2c(c1)OCCO2. The lowest BCUT2D eigenvalue weighted by molar-refractivity contribution is -0.125. The standard InChI is InChI=1S/C24H24N4O4/c29-22(25-15-9-10-20-21(13-15)32-12-11-31-20)14-19-23(30)27(16-5-1-2-6-16)24-26-17-7-3-4-8-18(17)28(19)24/h3-4,7-10,13,16,19H,1-2,5-6,11-12,14H2,(H,25,29)/t19-/m1/s1. The van der Waals surface area contributed by atoms with E-state index in [-0.39, 0.29) is 24.3 Å². The summed E-state index contributed by atoms with van der Waals surface area (Å²) in [5.74, 6) is 1.68. The van der Waals surface area contributed by atoms with Gasteiger partial charge in [-0.25, -0.2) is 4.98 Å². The molecule has 1 atom stereocenters. The lowest BCUT2D eigenvalue weighted by Crippen LogP contribution is -2.38. The molecular weight excluding hydrogens is 408 g/mol. The number of nitrogens with zero attached hydrogens (tertiary/aromatic N) is 3. The highest BCUT2D eigenvalue weighted by atomic mass is 16.6. The van der Waals surface area contributed by atoms with Crippen LogP contribution in [0.2, 0.25) is 0 Å². The number of hydrogen-bond acceptors (Lipinski definition) is 5. The molecule has 1 aromatic heterocycles. The number of para-hydroxylation sites is 2. The molecular formula is C24H24N4O4. The second-order valence-corrected chi connectivity index (χ2v) is 8.54. The third-order valence-electron chi connectivity index (χ3n) is 6.52. The van der Waals surface area contributed by atoms with Crippen molar-refractivity contribution in [2.24, 2.45) is 0 Å².